The topological polar surface area (TPSA) is 82.2 Å². The normalized spacial score (nSPS) is 9.76. The van der Waals surface area contributed by atoms with Crippen LogP contribution in [-0.2, 0) is 0 Å². The summed E-state index contributed by atoms with van der Waals surface area (Å²) in [6.07, 6.45) is 0. The summed E-state index contributed by atoms with van der Waals surface area (Å²) in [5.41, 5.74) is 8.95. The van der Waals surface area contributed by atoms with Crippen LogP contribution in [0.15, 0.2) is 42.5 Å². The number of benzene rings is 2. The summed E-state index contributed by atoms with van der Waals surface area (Å²) in [6, 6.07) is 14.2. The molecule has 0 aliphatic heterocycles. The number of nitrogens with zero attached hydrogens (tertiary/aromatic N) is 2. The zero-order valence-electron chi connectivity index (χ0n) is 11.9. The monoisotopic (exact) mass is 280 g/mol. The first-order valence-corrected chi connectivity index (χ1v) is 6.39. The maximum absolute atomic E-state index is 12.0. The highest BCUT2D eigenvalue weighted by Gasteiger charge is 2.10. The Bertz CT molecular complexity index is 716. The second-order valence-electron chi connectivity index (χ2n) is 4.82. The van der Waals surface area contributed by atoms with E-state index in [1.165, 1.54) is 4.90 Å². The number of anilines is 3. The lowest BCUT2D eigenvalue weighted by Crippen LogP contribution is -2.21. The molecule has 5 heteroatoms. The third kappa shape index (κ3) is 3.31. The Morgan fingerprint density at radius 3 is 2.67 bits per heavy atom. The fourth-order valence-corrected chi connectivity index (χ4v) is 1.88. The number of nitrogen functional groups attached to an aromatic ring is 1. The highest BCUT2D eigenvalue weighted by Crippen LogP contribution is 2.25. The van der Waals surface area contributed by atoms with Crippen LogP contribution in [0.25, 0.3) is 0 Å². The van der Waals surface area contributed by atoms with Gasteiger partial charge in [0.15, 0.2) is 0 Å². The van der Waals surface area contributed by atoms with Crippen LogP contribution in [0.2, 0.25) is 0 Å². The van der Waals surface area contributed by atoms with Crippen molar-refractivity contribution in [2.75, 3.05) is 25.1 Å². The van der Waals surface area contributed by atoms with Crippen molar-refractivity contribution >= 4 is 23.0 Å². The summed E-state index contributed by atoms with van der Waals surface area (Å²) in [4.78, 5) is 13.5. The van der Waals surface area contributed by atoms with E-state index < -0.39 is 0 Å². The molecule has 2 rings (SSSR count). The van der Waals surface area contributed by atoms with Gasteiger partial charge in [-0.15, -0.1) is 0 Å². The van der Waals surface area contributed by atoms with E-state index in [-0.39, 0.29) is 5.91 Å². The quantitative estimate of drug-likeness (QED) is 0.847. The molecule has 5 nitrogen and oxygen atoms in total. The van der Waals surface area contributed by atoms with Crippen LogP contribution in [0, 0.1) is 11.3 Å². The van der Waals surface area contributed by atoms with Gasteiger partial charge in [0.1, 0.15) is 0 Å². The third-order valence-corrected chi connectivity index (χ3v) is 2.98. The van der Waals surface area contributed by atoms with E-state index in [2.05, 4.69) is 11.4 Å². The van der Waals surface area contributed by atoms with Gasteiger partial charge in [0.05, 0.1) is 23.0 Å². The highest BCUT2D eigenvalue weighted by molar-refractivity contribution is 5.96. The molecule has 0 saturated carbocycles. The Morgan fingerprint density at radius 2 is 2.00 bits per heavy atom. The Labute approximate surface area is 123 Å². The summed E-state index contributed by atoms with van der Waals surface area (Å²) in [6.45, 7) is 0. The number of hydrogen-bond acceptors (Lipinski definition) is 4. The molecule has 21 heavy (non-hydrogen) atoms. The molecular formula is C16H16N4O. The van der Waals surface area contributed by atoms with Gasteiger partial charge in [0.2, 0.25) is 0 Å². The molecule has 0 spiro atoms. The summed E-state index contributed by atoms with van der Waals surface area (Å²) < 4.78 is 0. The largest absolute Gasteiger partial charge is 0.397 e. The van der Waals surface area contributed by atoms with Crippen LogP contribution in [0.3, 0.4) is 0 Å². The van der Waals surface area contributed by atoms with Gasteiger partial charge in [0, 0.05) is 25.3 Å². The molecular weight excluding hydrogens is 264 g/mol. The number of carbonyl (C=O) groups is 1. The Morgan fingerprint density at radius 1 is 1.24 bits per heavy atom. The molecule has 0 atom stereocenters. The fraction of sp³-hybridized carbons (Fsp3) is 0.125. The summed E-state index contributed by atoms with van der Waals surface area (Å²) in [7, 11) is 3.39. The first kappa shape index (κ1) is 14.4. The van der Waals surface area contributed by atoms with Gasteiger partial charge < -0.3 is 16.0 Å². The first-order valence-electron chi connectivity index (χ1n) is 6.39. The van der Waals surface area contributed by atoms with Crippen LogP contribution in [0.1, 0.15) is 15.9 Å². The van der Waals surface area contributed by atoms with Crippen molar-refractivity contribution < 1.29 is 4.79 Å². The van der Waals surface area contributed by atoms with Crippen molar-refractivity contribution in [3.8, 4) is 6.07 Å². The number of nitrogens with one attached hydrogen (secondary N) is 1. The van der Waals surface area contributed by atoms with Gasteiger partial charge in [0.25, 0.3) is 5.91 Å². The van der Waals surface area contributed by atoms with Crippen molar-refractivity contribution in [1.29, 1.82) is 5.26 Å². The zero-order chi connectivity index (χ0) is 15.4. The lowest BCUT2D eigenvalue weighted by molar-refractivity contribution is 0.0827. The van der Waals surface area contributed by atoms with Crippen molar-refractivity contribution in [2.24, 2.45) is 0 Å². The maximum atomic E-state index is 12.0. The maximum Gasteiger partial charge on any atom is 0.253 e. The van der Waals surface area contributed by atoms with Crippen molar-refractivity contribution in [3.05, 3.63) is 53.6 Å². The molecule has 0 radical (unpaired) electrons. The molecule has 0 aliphatic rings. The molecule has 2 aromatic carbocycles. The summed E-state index contributed by atoms with van der Waals surface area (Å²) in [5, 5.41) is 12.0. The van der Waals surface area contributed by atoms with Gasteiger partial charge in [-0.05, 0) is 36.4 Å². The second kappa shape index (κ2) is 5.97. The Kier molecular flexibility index (Phi) is 4.10. The van der Waals surface area contributed by atoms with Crippen LogP contribution in [0.5, 0.6) is 0 Å². The first-order chi connectivity index (χ1) is 10.0. The van der Waals surface area contributed by atoms with Gasteiger partial charge in [-0.1, -0.05) is 6.07 Å². The molecule has 106 valence electrons. The van der Waals surface area contributed by atoms with Crippen molar-refractivity contribution in [3.63, 3.8) is 0 Å². The lowest BCUT2D eigenvalue weighted by Gasteiger charge is -2.14. The second-order valence-corrected chi connectivity index (χ2v) is 4.82. The number of nitrogens with two attached hydrogens (primary N) is 1. The predicted octanol–water partition coefficient (Wildman–Crippen LogP) is 2.59. The lowest BCUT2D eigenvalue weighted by atomic mass is 10.1. The minimum Gasteiger partial charge on any atom is -0.397 e. The fourth-order valence-electron chi connectivity index (χ4n) is 1.88. The highest BCUT2D eigenvalue weighted by atomic mass is 16.2. The zero-order valence-corrected chi connectivity index (χ0v) is 11.9. The summed E-state index contributed by atoms with van der Waals surface area (Å²) in [5.74, 6) is -0.0937. The van der Waals surface area contributed by atoms with Gasteiger partial charge in [-0.3, -0.25) is 4.79 Å². The molecule has 2 aromatic rings. The molecule has 1 amide bonds. The summed E-state index contributed by atoms with van der Waals surface area (Å²) >= 11 is 0. The number of amides is 1. The van der Waals surface area contributed by atoms with Crippen molar-refractivity contribution in [2.45, 2.75) is 0 Å². The molecule has 0 bridgehead atoms. The molecule has 0 aliphatic carbocycles. The minimum atomic E-state index is -0.0937. The van der Waals surface area contributed by atoms with E-state index in [0.717, 1.165) is 5.69 Å². The van der Waals surface area contributed by atoms with E-state index in [1.807, 2.05) is 6.07 Å². The Hall–Kier alpha value is -3.00. The number of rotatable bonds is 3. The van der Waals surface area contributed by atoms with Gasteiger partial charge in [-0.25, -0.2) is 0 Å². The molecule has 0 heterocycles. The smallest absolute Gasteiger partial charge is 0.253 e. The van der Waals surface area contributed by atoms with E-state index >= 15 is 0 Å². The number of hydrogen-bond donors (Lipinski definition) is 2. The molecule has 0 aromatic heterocycles. The number of carbonyl (C=O) groups excluding carboxylic acids is 1. The molecule has 0 unspecified atom stereocenters. The van der Waals surface area contributed by atoms with Crippen LogP contribution < -0.4 is 11.1 Å². The molecule has 0 saturated heterocycles. The average molecular weight is 280 g/mol. The SMILES string of the molecule is CN(C)C(=O)c1ccc(N)c(Nc2cccc(C#N)c2)c1. The van der Waals surface area contributed by atoms with Gasteiger partial charge in [-0.2, -0.15) is 5.26 Å². The van der Waals surface area contributed by atoms with E-state index in [0.29, 0.717) is 22.5 Å². The van der Waals surface area contributed by atoms with Crippen LogP contribution in [-0.4, -0.2) is 24.9 Å². The minimum absolute atomic E-state index is 0.0937. The average Bonchev–Trinajstić information content (AvgIpc) is 2.49. The van der Waals surface area contributed by atoms with Crippen LogP contribution >= 0.6 is 0 Å². The Balaban J connectivity index is 2.33. The van der Waals surface area contributed by atoms with E-state index in [9.17, 15) is 4.79 Å². The van der Waals surface area contributed by atoms with Crippen LogP contribution in [0.4, 0.5) is 17.1 Å². The van der Waals surface area contributed by atoms with E-state index in [1.54, 1.807) is 50.5 Å². The standard InChI is InChI=1S/C16H16N4O/c1-20(2)16(21)12-6-7-14(18)15(9-12)19-13-5-3-4-11(8-13)10-17/h3-9,19H,18H2,1-2H3. The predicted molar refractivity (Wildman–Crippen MR) is 83.3 cm³/mol. The van der Waals surface area contributed by atoms with Crippen molar-refractivity contribution in [1.82, 2.24) is 4.90 Å². The van der Waals surface area contributed by atoms with Gasteiger partial charge >= 0.3 is 0 Å². The number of nitriles is 1. The third-order valence-electron chi connectivity index (χ3n) is 2.98. The van der Waals surface area contributed by atoms with E-state index in [4.69, 9.17) is 11.0 Å². The molecule has 3 N–H and O–H groups in total. The molecule has 0 fully saturated rings.